The van der Waals surface area contributed by atoms with Crippen LogP contribution in [0, 0.1) is 25.2 Å². The van der Waals surface area contributed by atoms with Crippen LogP contribution >= 0.6 is 11.3 Å². The van der Waals surface area contributed by atoms with Gasteiger partial charge >= 0.3 is 0 Å². The number of hydrogen-bond donors (Lipinski definition) is 0. The Hall–Kier alpha value is -2.75. The third-order valence-corrected chi connectivity index (χ3v) is 6.48. The number of aryl methyl sites for hydroxylation is 2. The van der Waals surface area contributed by atoms with Gasteiger partial charge in [-0.1, -0.05) is 30.4 Å². The van der Waals surface area contributed by atoms with E-state index >= 15 is 0 Å². The third kappa shape index (κ3) is 4.16. The molecule has 1 aliphatic rings. The predicted octanol–water partition coefficient (Wildman–Crippen LogP) is 4.50. The summed E-state index contributed by atoms with van der Waals surface area (Å²) < 4.78 is 0. The largest absolute Gasteiger partial charge is 0.345 e. The molecule has 4 rings (SSSR count). The maximum absolute atomic E-state index is 9.34. The van der Waals surface area contributed by atoms with Gasteiger partial charge < -0.3 is 9.80 Å². The normalized spacial score (nSPS) is 14.8. The molecule has 1 fully saturated rings. The first-order valence-electron chi connectivity index (χ1n) is 10.0. The lowest BCUT2D eigenvalue weighted by molar-refractivity contribution is 0.271. The molecule has 0 N–H and O–H groups in total. The molecular formula is C23H25N5S. The average molecular weight is 404 g/mol. The summed E-state index contributed by atoms with van der Waals surface area (Å²) >= 11 is 1.74. The lowest BCUT2D eigenvalue weighted by Gasteiger charge is -2.33. The molecule has 1 aliphatic heterocycles. The number of thiazole rings is 1. The van der Waals surface area contributed by atoms with Crippen LogP contribution in [0.15, 0.2) is 36.4 Å². The topological polar surface area (TPSA) is 56.0 Å². The predicted molar refractivity (Wildman–Crippen MR) is 119 cm³/mol. The van der Waals surface area contributed by atoms with Gasteiger partial charge in [0.05, 0.1) is 22.2 Å². The quantitative estimate of drug-likeness (QED) is 0.642. The molecule has 0 unspecified atom stereocenters. The van der Waals surface area contributed by atoms with Crippen molar-refractivity contribution in [1.82, 2.24) is 14.9 Å². The van der Waals surface area contributed by atoms with Crippen LogP contribution in [0.3, 0.4) is 0 Å². The first kappa shape index (κ1) is 19.6. The zero-order chi connectivity index (χ0) is 20.4. The summed E-state index contributed by atoms with van der Waals surface area (Å²) in [5, 5.41) is 10.4. The van der Waals surface area contributed by atoms with Crippen LogP contribution in [0.4, 0.5) is 5.13 Å². The van der Waals surface area contributed by atoms with E-state index in [4.69, 9.17) is 4.98 Å². The fourth-order valence-corrected chi connectivity index (χ4v) is 4.92. The van der Waals surface area contributed by atoms with Crippen molar-refractivity contribution in [3.05, 3.63) is 53.3 Å². The lowest BCUT2D eigenvalue weighted by atomic mass is 10.0. The molecule has 0 spiro atoms. The molecule has 0 amide bonds. The number of hydrogen-bond acceptors (Lipinski definition) is 6. The molecule has 1 aromatic carbocycles. The Kier molecular flexibility index (Phi) is 5.61. The summed E-state index contributed by atoms with van der Waals surface area (Å²) in [6.45, 7) is 11.5. The Morgan fingerprint density at radius 3 is 2.38 bits per heavy atom. The molecule has 0 aliphatic carbocycles. The van der Waals surface area contributed by atoms with E-state index in [2.05, 4.69) is 39.9 Å². The molecule has 3 aromatic rings. The number of likely N-dealkylation sites (N-methyl/N-ethyl adjacent to an activating group) is 1. The van der Waals surface area contributed by atoms with Gasteiger partial charge in [-0.05, 0) is 50.2 Å². The summed E-state index contributed by atoms with van der Waals surface area (Å²) in [7, 11) is 0. The fraction of sp³-hybridized carbons (Fsp3) is 0.348. The molecule has 0 saturated carbocycles. The summed E-state index contributed by atoms with van der Waals surface area (Å²) in [6.07, 6.45) is 0. The average Bonchev–Trinajstić information content (AvgIpc) is 3.19. The molecule has 148 valence electrons. The smallest absolute Gasteiger partial charge is 0.186 e. The summed E-state index contributed by atoms with van der Waals surface area (Å²) in [5.74, 6) is 0. The highest BCUT2D eigenvalue weighted by molar-refractivity contribution is 7.19. The van der Waals surface area contributed by atoms with E-state index in [1.807, 2.05) is 38.1 Å². The zero-order valence-electron chi connectivity index (χ0n) is 17.1. The van der Waals surface area contributed by atoms with Gasteiger partial charge in [-0.2, -0.15) is 5.26 Å². The van der Waals surface area contributed by atoms with E-state index < -0.39 is 0 Å². The first-order chi connectivity index (χ1) is 14.1. The molecule has 29 heavy (non-hydrogen) atoms. The van der Waals surface area contributed by atoms with Gasteiger partial charge in [0.25, 0.3) is 0 Å². The number of rotatable bonds is 4. The highest BCUT2D eigenvalue weighted by Gasteiger charge is 2.22. The van der Waals surface area contributed by atoms with Crippen molar-refractivity contribution in [2.45, 2.75) is 20.8 Å². The molecule has 3 heterocycles. The van der Waals surface area contributed by atoms with Crippen LogP contribution < -0.4 is 4.90 Å². The zero-order valence-corrected chi connectivity index (χ0v) is 18.0. The van der Waals surface area contributed by atoms with E-state index in [9.17, 15) is 5.26 Å². The highest BCUT2D eigenvalue weighted by Crippen LogP contribution is 2.41. The number of nitrogens with zero attached hydrogens (tertiary/aromatic N) is 5. The summed E-state index contributed by atoms with van der Waals surface area (Å²) in [5.41, 5.74) is 5.74. The lowest BCUT2D eigenvalue weighted by Crippen LogP contribution is -2.46. The third-order valence-electron chi connectivity index (χ3n) is 5.31. The Balaban J connectivity index is 1.79. The highest BCUT2D eigenvalue weighted by atomic mass is 32.1. The number of aromatic nitrogens is 2. The van der Waals surface area contributed by atoms with E-state index in [1.54, 1.807) is 11.3 Å². The molecular weight excluding hydrogens is 378 g/mol. The standard InChI is InChI=1S/C23H25N5S/c1-4-27-8-10-28(11-9-27)23-26-21(19-7-5-6-18(14-19)15-24)22(29-23)20-12-16(2)25-17(3)13-20/h5-7,12-14H,4,8-11H2,1-3H3. The van der Waals surface area contributed by atoms with Crippen molar-refractivity contribution in [2.24, 2.45) is 0 Å². The molecule has 0 radical (unpaired) electrons. The van der Waals surface area contributed by atoms with Crippen molar-refractivity contribution in [3.63, 3.8) is 0 Å². The Morgan fingerprint density at radius 1 is 1.00 bits per heavy atom. The van der Waals surface area contributed by atoms with Crippen molar-refractivity contribution >= 4 is 16.5 Å². The van der Waals surface area contributed by atoms with E-state index in [1.165, 1.54) is 0 Å². The molecule has 2 aromatic heterocycles. The van der Waals surface area contributed by atoms with E-state index in [0.717, 1.165) is 70.9 Å². The van der Waals surface area contributed by atoms with Gasteiger partial charge in [0, 0.05) is 43.1 Å². The molecule has 5 nitrogen and oxygen atoms in total. The van der Waals surface area contributed by atoms with Crippen LogP contribution in [0.5, 0.6) is 0 Å². The van der Waals surface area contributed by atoms with Crippen LogP contribution in [0.25, 0.3) is 21.7 Å². The van der Waals surface area contributed by atoms with Crippen molar-refractivity contribution in [2.75, 3.05) is 37.6 Å². The monoisotopic (exact) mass is 403 g/mol. The number of anilines is 1. The minimum Gasteiger partial charge on any atom is -0.345 e. The van der Waals surface area contributed by atoms with Gasteiger partial charge in [0.2, 0.25) is 0 Å². The molecule has 6 heteroatoms. The SMILES string of the molecule is CCN1CCN(c2nc(-c3cccc(C#N)c3)c(-c3cc(C)nc(C)c3)s2)CC1. The minimum atomic E-state index is 0.654. The van der Waals surface area contributed by atoms with Crippen LogP contribution in [0.2, 0.25) is 0 Å². The number of nitriles is 1. The Morgan fingerprint density at radius 2 is 1.72 bits per heavy atom. The van der Waals surface area contributed by atoms with Crippen LogP contribution in [0.1, 0.15) is 23.9 Å². The van der Waals surface area contributed by atoms with E-state index in [-0.39, 0.29) is 0 Å². The van der Waals surface area contributed by atoms with Gasteiger partial charge in [-0.15, -0.1) is 0 Å². The van der Waals surface area contributed by atoms with Crippen LogP contribution in [-0.4, -0.2) is 47.6 Å². The Bertz CT molecular complexity index is 1040. The second kappa shape index (κ2) is 8.32. The second-order valence-corrected chi connectivity index (χ2v) is 8.40. The molecule has 0 atom stereocenters. The maximum atomic E-state index is 9.34. The van der Waals surface area contributed by atoms with Gasteiger partial charge in [0.1, 0.15) is 0 Å². The van der Waals surface area contributed by atoms with E-state index in [0.29, 0.717) is 5.56 Å². The first-order valence-corrected chi connectivity index (χ1v) is 10.8. The summed E-state index contributed by atoms with van der Waals surface area (Å²) in [6, 6.07) is 14.2. The second-order valence-electron chi connectivity index (χ2n) is 7.43. The molecule has 1 saturated heterocycles. The van der Waals surface area contributed by atoms with Crippen molar-refractivity contribution in [3.8, 4) is 27.8 Å². The number of benzene rings is 1. The minimum absolute atomic E-state index is 0.654. The maximum Gasteiger partial charge on any atom is 0.186 e. The van der Waals surface area contributed by atoms with Crippen molar-refractivity contribution in [1.29, 1.82) is 5.26 Å². The van der Waals surface area contributed by atoms with Gasteiger partial charge in [-0.25, -0.2) is 4.98 Å². The number of piperazine rings is 1. The Labute approximate surface area is 176 Å². The summed E-state index contributed by atoms with van der Waals surface area (Å²) in [4.78, 5) is 15.6. The van der Waals surface area contributed by atoms with Gasteiger partial charge in [0.15, 0.2) is 5.13 Å². The fourth-order valence-electron chi connectivity index (χ4n) is 3.79. The van der Waals surface area contributed by atoms with Crippen molar-refractivity contribution < 1.29 is 0 Å². The number of pyridine rings is 1. The molecule has 0 bridgehead atoms. The van der Waals surface area contributed by atoms with Gasteiger partial charge in [-0.3, -0.25) is 4.98 Å². The van der Waals surface area contributed by atoms with Crippen LogP contribution in [-0.2, 0) is 0 Å².